The second-order valence-electron chi connectivity index (χ2n) is 8.29. The molecule has 0 fully saturated rings. The van der Waals surface area contributed by atoms with E-state index < -0.39 is 5.97 Å². The molecule has 0 aromatic carbocycles. The molecule has 4 heteroatoms. The molecule has 0 aliphatic carbocycles. The molecule has 0 heterocycles. The number of aliphatic carboxylic acids is 1. The Hall–Kier alpha value is -0.870. The van der Waals surface area contributed by atoms with Gasteiger partial charge in [-0.25, -0.2) is 0 Å². The van der Waals surface area contributed by atoms with E-state index in [1.54, 1.807) is 6.92 Å². The van der Waals surface area contributed by atoms with Gasteiger partial charge in [-0.2, -0.15) is 0 Å². The lowest BCUT2D eigenvalue weighted by Gasteiger charge is -2.41. The summed E-state index contributed by atoms with van der Waals surface area (Å²) >= 11 is 0. The van der Waals surface area contributed by atoms with Crippen LogP contribution in [-0.2, 0) is 4.79 Å². The van der Waals surface area contributed by atoms with E-state index in [1.165, 1.54) is 25.7 Å². The minimum Gasteiger partial charge on any atom is -0.481 e. The highest BCUT2D eigenvalue weighted by Gasteiger charge is 2.30. The average molecular weight is 385 g/mol. The van der Waals surface area contributed by atoms with Gasteiger partial charge in [-0.1, -0.05) is 59.1 Å². The van der Waals surface area contributed by atoms with Crippen molar-refractivity contribution < 1.29 is 19.5 Å². The molecule has 4 nitrogen and oxygen atoms in total. The maximum atomic E-state index is 11.3. The number of hydrogen-bond acceptors (Lipinski definition) is 2. The Balaban J connectivity index is 5.10. The lowest BCUT2D eigenvalue weighted by atomic mass is 10.0. The number of nitrogens with zero attached hydrogens (tertiary/aromatic N) is 1. The third kappa shape index (κ3) is 13.0. The third-order valence-corrected chi connectivity index (χ3v) is 5.56. The molecular weight excluding hydrogens is 338 g/mol. The van der Waals surface area contributed by atoms with Gasteiger partial charge in [0.15, 0.2) is 0 Å². The monoisotopic (exact) mass is 384 g/mol. The summed E-state index contributed by atoms with van der Waals surface area (Å²) in [4.78, 5) is 11.3. The number of rotatable bonds is 18. The van der Waals surface area contributed by atoms with E-state index in [0.29, 0.717) is 12.8 Å². The number of aliphatic hydroxyl groups is 1. The molecule has 2 unspecified atom stereocenters. The summed E-state index contributed by atoms with van der Waals surface area (Å²) < 4.78 is 0.875. The van der Waals surface area contributed by atoms with Crippen LogP contribution < -0.4 is 0 Å². The van der Waals surface area contributed by atoms with Gasteiger partial charge in [0.2, 0.25) is 0 Å². The SMILES string of the molecule is CCC/C=C/CC(O)C[N+](CCCCC)(CCCCC)CCC(C)C(=O)O. The molecule has 0 amide bonds. The fraction of sp³-hybridized carbons (Fsp3) is 0.870. The van der Waals surface area contributed by atoms with E-state index in [-0.39, 0.29) is 12.0 Å². The van der Waals surface area contributed by atoms with Gasteiger partial charge in [-0.3, -0.25) is 4.79 Å². The van der Waals surface area contributed by atoms with Crippen molar-refractivity contribution in [2.24, 2.45) is 5.92 Å². The number of unbranched alkanes of at least 4 members (excludes halogenated alkanes) is 5. The fourth-order valence-electron chi connectivity index (χ4n) is 3.65. The molecule has 0 spiro atoms. The van der Waals surface area contributed by atoms with Crippen LogP contribution in [0.1, 0.15) is 91.9 Å². The standard InChI is InChI=1S/C23H45NO3/c1-5-8-11-12-15-22(25)20-24(17-13-9-6-2,18-14-10-7-3)19-16-21(4)23(26)27/h11-12,21-22,25H,5-10,13-20H2,1-4H3/p+1/b12-11+. The van der Waals surface area contributed by atoms with Crippen molar-refractivity contribution in [1.82, 2.24) is 0 Å². The Morgan fingerprint density at radius 2 is 1.52 bits per heavy atom. The van der Waals surface area contributed by atoms with E-state index in [1.807, 2.05) is 0 Å². The molecule has 0 saturated heterocycles. The zero-order valence-electron chi connectivity index (χ0n) is 18.5. The van der Waals surface area contributed by atoms with Crippen LogP contribution >= 0.6 is 0 Å². The molecule has 0 rings (SSSR count). The van der Waals surface area contributed by atoms with Gasteiger partial charge < -0.3 is 14.7 Å². The number of hydrogen-bond donors (Lipinski definition) is 2. The van der Waals surface area contributed by atoms with Crippen molar-refractivity contribution in [2.45, 2.75) is 98.0 Å². The van der Waals surface area contributed by atoms with Gasteiger partial charge in [0, 0.05) is 6.42 Å². The summed E-state index contributed by atoms with van der Waals surface area (Å²) in [6.07, 6.45) is 14.6. The minimum atomic E-state index is -0.710. The van der Waals surface area contributed by atoms with Crippen molar-refractivity contribution in [2.75, 3.05) is 26.2 Å². The predicted molar refractivity (Wildman–Crippen MR) is 115 cm³/mol. The summed E-state index contributed by atoms with van der Waals surface area (Å²) in [5.74, 6) is -1.03. The summed E-state index contributed by atoms with van der Waals surface area (Å²) in [6.45, 7) is 12.1. The Bertz CT molecular complexity index is 385. The van der Waals surface area contributed by atoms with Gasteiger partial charge in [-0.15, -0.1) is 0 Å². The lowest BCUT2D eigenvalue weighted by Crippen LogP contribution is -2.54. The molecule has 0 aromatic rings. The van der Waals surface area contributed by atoms with E-state index in [4.69, 9.17) is 0 Å². The summed E-state index contributed by atoms with van der Waals surface area (Å²) in [6, 6.07) is 0. The van der Waals surface area contributed by atoms with E-state index in [2.05, 4.69) is 32.9 Å². The minimum absolute atomic E-state index is 0.318. The van der Waals surface area contributed by atoms with Crippen LogP contribution in [0.3, 0.4) is 0 Å². The summed E-state index contributed by atoms with van der Waals surface area (Å²) in [5.41, 5.74) is 0. The predicted octanol–water partition coefficient (Wildman–Crippen LogP) is 5.40. The largest absolute Gasteiger partial charge is 0.481 e. The average Bonchev–Trinajstić information content (AvgIpc) is 2.63. The molecule has 0 bridgehead atoms. The number of aliphatic hydroxyl groups excluding tert-OH is 1. The smallest absolute Gasteiger partial charge is 0.306 e. The van der Waals surface area contributed by atoms with Crippen LogP contribution in [0.25, 0.3) is 0 Å². The number of carbonyl (C=O) groups is 1. The zero-order chi connectivity index (χ0) is 20.5. The van der Waals surface area contributed by atoms with Gasteiger partial charge in [0.1, 0.15) is 12.6 Å². The second-order valence-corrected chi connectivity index (χ2v) is 8.29. The van der Waals surface area contributed by atoms with Crippen LogP contribution in [0.5, 0.6) is 0 Å². The maximum absolute atomic E-state index is 11.3. The molecule has 0 radical (unpaired) electrons. The quantitative estimate of drug-likeness (QED) is 0.189. The van der Waals surface area contributed by atoms with Crippen molar-refractivity contribution in [3.05, 3.63) is 12.2 Å². The normalized spacial score (nSPS) is 14.6. The van der Waals surface area contributed by atoms with Crippen LogP contribution in [-0.4, -0.2) is 52.9 Å². The first-order chi connectivity index (χ1) is 12.9. The molecule has 2 atom stereocenters. The third-order valence-electron chi connectivity index (χ3n) is 5.56. The Morgan fingerprint density at radius 3 is 2.00 bits per heavy atom. The Labute approximate surface area is 168 Å². The molecule has 0 aromatic heterocycles. The second kappa shape index (κ2) is 16.1. The Kier molecular flexibility index (Phi) is 15.6. The zero-order valence-corrected chi connectivity index (χ0v) is 18.5. The highest BCUT2D eigenvalue weighted by molar-refractivity contribution is 5.69. The van der Waals surface area contributed by atoms with Crippen LogP contribution in [0, 0.1) is 5.92 Å². The Morgan fingerprint density at radius 1 is 0.926 bits per heavy atom. The van der Waals surface area contributed by atoms with Gasteiger partial charge in [0.25, 0.3) is 0 Å². The fourth-order valence-corrected chi connectivity index (χ4v) is 3.65. The van der Waals surface area contributed by atoms with Gasteiger partial charge in [0.05, 0.1) is 25.6 Å². The van der Waals surface area contributed by atoms with Crippen LogP contribution in [0.2, 0.25) is 0 Å². The van der Waals surface area contributed by atoms with E-state index in [0.717, 1.165) is 56.3 Å². The van der Waals surface area contributed by atoms with Crippen LogP contribution in [0.15, 0.2) is 12.2 Å². The van der Waals surface area contributed by atoms with E-state index in [9.17, 15) is 15.0 Å². The number of carboxylic acids is 1. The first-order valence-electron chi connectivity index (χ1n) is 11.3. The number of quaternary nitrogens is 1. The summed E-state index contributed by atoms with van der Waals surface area (Å²) in [7, 11) is 0. The van der Waals surface area contributed by atoms with Crippen LogP contribution in [0.4, 0.5) is 0 Å². The molecule has 27 heavy (non-hydrogen) atoms. The van der Waals surface area contributed by atoms with Gasteiger partial charge >= 0.3 is 5.97 Å². The maximum Gasteiger partial charge on any atom is 0.306 e. The molecule has 160 valence electrons. The summed E-state index contributed by atoms with van der Waals surface area (Å²) in [5, 5.41) is 20.0. The first kappa shape index (κ1) is 26.1. The number of allylic oxidation sites excluding steroid dienone is 1. The number of carboxylic acid groups (broad SMARTS) is 1. The highest BCUT2D eigenvalue weighted by Crippen LogP contribution is 2.19. The van der Waals surface area contributed by atoms with Crippen molar-refractivity contribution in [3.63, 3.8) is 0 Å². The lowest BCUT2D eigenvalue weighted by molar-refractivity contribution is -0.931. The molecular formula is C23H46NO3+. The molecule has 2 N–H and O–H groups in total. The molecule has 0 saturated carbocycles. The van der Waals surface area contributed by atoms with Crippen molar-refractivity contribution in [3.8, 4) is 0 Å². The van der Waals surface area contributed by atoms with Gasteiger partial charge in [-0.05, 0) is 38.5 Å². The van der Waals surface area contributed by atoms with E-state index >= 15 is 0 Å². The molecule has 0 aliphatic rings. The highest BCUT2D eigenvalue weighted by atomic mass is 16.4. The van der Waals surface area contributed by atoms with Crippen molar-refractivity contribution in [1.29, 1.82) is 0 Å². The van der Waals surface area contributed by atoms with Crippen molar-refractivity contribution >= 4 is 5.97 Å². The molecule has 0 aliphatic heterocycles. The first-order valence-corrected chi connectivity index (χ1v) is 11.3. The topological polar surface area (TPSA) is 57.5 Å².